The Labute approximate surface area is 120 Å². The first-order valence-electron chi connectivity index (χ1n) is 7.58. The number of nitrogens with zero attached hydrogens (tertiary/aromatic N) is 2. The van der Waals surface area contributed by atoms with Crippen molar-refractivity contribution in [1.29, 1.82) is 0 Å². The third-order valence-corrected chi connectivity index (χ3v) is 4.27. The normalized spacial score (nSPS) is 19.6. The van der Waals surface area contributed by atoms with E-state index in [1.165, 1.54) is 11.1 Å². The number of aryl methyl sites for hydroxylation is 2. The lowest BCUT2D eigenvalue weighted by Gasteiger charge is -2.29. The Balaban J connectivity index is 1.91. The summed E-state index contributed by atoms with van der Waals surface area (Å²) in [5, 5.41) is 10.8. The maximum Gasteiger partial charge on any atom is 0.138 e. The van der Waals surface area contributed by atoms with Crippen molar-refractivity contribution in [3.8, 4) is 0 Å². The smallest absolute Gasteiger partial charge is 0.138 e. The highest BCUT2D eigenvalue weighted by Gasteiger charge is 2.29. The maximum absolute atomic E-state index is 10.8. The molecule has 1 aromatic carbocycles. The second-order valence-corrected chi connectivity index (χ2v) is 5.62. The van der Waals surface area contributed by atoms with Gasteiger partial charge in [-0.05, 0) is 36.8 Å². The predicted molar refractivity (Wildman–Crippen MR) is 79.6 cm³/mol. The van der Waals surface area contributed by atoms with E-state index in [4.69, 9.17) is 0 Å². The minimum atomic E-state index is -0.502. The molecule has 2 aromatic rings. The molecule has 0 aliphatic heterocycles. The first-order chi connectivity index (χ1) is 9.81. The van der Waals surface area contributed by atoms with Crippen molar-refractivity contribution < 1.29 is 5.11 Å². The molecule has 3 heteroatoms. The minimum Gasteiger partial charge on any atom is -0.385 e. The monoisotopic (exact) mass is 270 g/mol. The molecule has 20 heavy (non-hydrogen) atoms. The van der Waals surface area contributed by atoms with Gasteiger partial charge in [-0.15, -0.1) is 0 Å². The van der Waals surface area contributed by atoms with E-state index in [-0.39, 0.29) is 5.92 Å². The van der Waals surface area contributed by atoms with Crippen molar-refractivity contribution in [3.63, 3.8) is 0 Å². The zero-order valence-electron chi connectivity index (χ0n) is 12.0. The van der Waals surface area contributed by atoms with Gasteiger partial charge in [0.1, 0.15) is 11.9 Å². The molecule has 0 amide bonds. The Hall–Kier alpha value is -1.61. The van der Waals surface area contributed by atoms with E-state index < -0.39 is 6.10 Å². The van der Waals surface area contributed by atoms with Crippen LogP contribution in [0.1, 0.15) is 55.2 Å². The highest BCUT2D eigenvalue weighted by atomic mass is 16.3. The molecular weight excluding hydrogens is 248 g/mol. The molecule has 2 unspecified atom stereocenters. The molecule has 106 valence electrons. The van der Waals surface area contributed by atoms with E-state index in [1.807, 2.05) is 6.20 Å². The van der Waals surface area contributed by atoms with Crippen molar-refractivity contribution >= 4 is 0 Å². The van der Waals surface area contributed by atoms with Crippen LogP contribution < -0.4 is 0 Å². The van der Waals surface area contributed by atoms with E-state index in [0.29, 0.717) is 0 Å². The van der Waals surface area contributed by atoms with Gasteiger partial charge in [-0.2, -0.15) is 0 Å². The van der Waals surface area contributed by atoms with E-state index in [9.17, 15) is 5.11 Å². The van der Waals surface area contributed by atoms with Gasteiger partial charge in [-0.25, -0.2) is 4.98 Å². The van der Waals surface area contributed by atoms with Crippen LogP contribution in [0.25, 0.3) is 0 Å². The summed E-state index contributed by atoms with van der Waals surface area (Å²) in [6.45, 7) is 3.06. The van der Waals surface area contributed by atoms with Crippen LogP contribution >= 0.6 is 0 Å². The zero-order valence-corrected chi connectivity index (χ0v) is 12.0. The quantitative estimate of drug-likeness (QED) is 0.924. The molecule has 0 bridgehead atoms. The fourth-order valence-electron chi connectivity index (χ4n) is 3.32. The van der Waals surface area contributed by atoms with Gasteiger partial charge >= 0.3 is 0 Å². The Kier molecular flexibility index (Phi) is 3.88. The first kappa shape index (κ1) is 13.4. The standard InChI is InChI=1S/C17H22N2O/c1-2-11-19-12-10-18-17(19)16(20)15-9-5-7-13-6-3-4-8-14(13)15/h3-4,6,8,10,12,15-16,20H,2,5,7,9,11H2,1H3. The number of rotatable bonds is 4. The SMILES string of the molecule is CCCn1ccnc1C(O)C1CCCc2ccccc21. The van der Waals surface area contributed by atoms with Gasteiger partial charge in [0.2, 0.25) is 0 Å². The molecule has 1 heterocycles. The molecule has 1 N–H and O–H groups in total. The van der Waals surface area contributed by atoms with Crippen LogP contribution in [0.5, 0.6) is 0 Å². The van der Waals surface area contributed by atoms with E-state index in [0.717, 1.165) is 38.1 Å². The number of aliphatic hydroxyl groups excluding tert-OH is 1. The molecule has 3 rings (SSSR count). The summed E-state index contributed by atoms with van der Waals surface area (Å²) >= 11 is 0. The second-order valence-electron chi connectivity index (χ2n) is 5.62. The highest BCUT2D eigenvalue weighted by molar-refractivity contribution is 5.34. The number of benzene rings is 1. The van der Waals surface area contributed by atoms with E-state index in [2.05, 4.69) is 40.7 Å². The van der Waals surface area contributed by atoms with Gasteiger partial charge in [0.15, 0.2) is 0 Å². The van der Waals surface area contributed by atoms with Crippen LogP contribution in [0.3, 0.4) is 0 Å². The predicted octanol–water partition coefficient (Wildman–Crippen LogP) is 3.45. The number of aromatic nitrogens is 2. The average molecular weight is 270 g/mol. The van der Waals surface area contributed by atoms with Gasteiger partial charge in [0.05, 0.1) is 0 Å². The molecule has 0 fully saturated rings. The third-order valence-electron chi connectivity index (χ3n) is 4.27. The van der Waals surface area contributed by atoms with E-state index >= 15 is 0 Å². The van der Waals surface area contributed by atoms with E-state index in [1.54, 1.807) is 6.20 Å². The lowest BCUT2D eigenvalue weighted by molar-refractivity contribution is 0.122. The van der Waals surface area contributed by atoms with Crippen LogP contribution in [0.4, 0.5) is 0 Å². The fourth-order valence-corrected chi connectivity index (χ4v) is 3.32. The molecule has 0 saturated heterocycles. The number of imidazole rings is 1. The summed E-state index contributed by atoms with van der Waals surface area (Å²) in [4.78, 5) is 4.40. The molecule has 1 aliphatic rings. The summed E-state index contributed by atoms with van der Waals surface area (Å²) in [6, 6.07) is 8.51. The van der Waals surface area contributed by atoms with Crippen molar-refractivity contribution in [2.45, 2.75) is 51.2 Å². The van der Waals surface area contributed by atoms with Crippen LogP contribution in [0.15, 0.2) is 36.7 Å². The van der Waals surface area contributed by atoms with Crippen LogP contribution in [0, 0.1) is 0 Å². The lowest BCUT2D eigenvalue weighted by Crippen LogP contribution is -2.20. The molecule has 0 saturated carbocycles. The fraction of sp³-hybridized carbons (Fsp3) is 0.471. The summed E-state index contributed by atoms with van der Waals surface area (Å²) in [5.74, 6) is 0.992. The second kappa shape index (κ2) is 5.80. The third kappa shape index (κ3) is 2.38. The van der Waals surface area contributed by atoms with Crippen molar-refractivity contribution in [3.05, 3.63) is 53.6 Å². The van der Waals surface area contributed by atoms with Gasteiger partial charge < -0.3 is 9.67 Å². The van der Waals surface area contributed by atoms with Gasteiger partial charge in [-0.1, -0.05) is 31.2 Å². The molecule has 1 aromatic heterocycles. The number of fused-ring (bicyclic) bond motifs is 1. The summed E-state index contributed by atoms with van der Waals surface area (Å²) in [6.07, 6.45) is 7.63. The molecule has 0 spiro atoms. The van der Waals surface area contributed by atoms with Crippen LogP contribution in [0.2, 0.25) is 0 Å². The molecule has 3 nitrogen and oxygen atoms in total. The van der Waals surface area contributed by atoms with Crippen LogP contribution in [-0.2, 0) is 13.0 Å². The average Bonchev–Trinajstić information content (AvgIpc) is 2.94. The topological polar surface area (TPSA) is 38.0 Å². The molecular formula is C17H22N2O. The Morgan fingerprint density at radius 1 is 1.40 bits per heavy atom. The summed E-state index contributed by atoms with van der Waals surface area (Å²) in [7, 11) is 0. The molecule has 2 atom stereocenters. The van der Waals surface area contributed by atoms with Crippen molar-refractivity contribution in [2.75, 3.05) is 0 Å². The summed E-state index contributed by atoms with van der Waals surface area (Å²) < 4.78 is 2.09. The highest BCUT2D eigenvalue weighted by Crippen LogP contribution is 2.39. The van der Waals surface area contributed by atoms with Gasteiger partial charge in [0, 0.05) is 24.9 Å². The first-order valence-corrected chi connectivity index (χ1v) is 7.58. The lowest BCUT2D eigenvalue weighted by atomic mass is 9.79. The molecule has 0 radical (unpaired) electrons. The van der Waals surface area contributed by atoms with Gasteiger partial charge in [-0.3, -0.25) is 0 Å². The number of hydrogen-bond donors (Lipinski definition) is 1. The summed E-state index contributed by atoms with van der Waals surface area (Å²) in [5.41, 5.74) is 2.69. The Bertz CT molecular complexity index is 576. The number of hydrogen-bond acceptors (Lipinski definition) is 2. The largest absolute Gasteiger partial charge is 0.385 e. The Morgan fingerprint density at radius 2 is 2.25 bits per heavy atom. The number of aliphatic hydroxyl groups is 1. The van der Waals surface area contributed by atoms with Crippen molar-refractivity contribution in [1.82, 2.24) is 9.55 Å². The van der Waals surface area contributed by atoms with Crippen molar-refractivity contribution in [2.24, 2.45) is 0 Å². The zero-order chi connectivity index (χ0) is 13.9. The Morgan fingerprint density at radius 3 is 3.10 bits per heavy atom. The molecule has 1 aliphatic carbocycles. The van der Waals surface area contributed by atoms with Gasteiger partial charge in [0.25, 0.3) is 0 Å². The van der Waals surface area contributed by atoms with Crippen LogP contribution in [-0.4, -0.2) is 14.7 Å². The minimum absolute atomic E-state index is 0.179. The maximum atomic E-state index is 10.8.